The van der Waals surface area contributed by atoms with Gasteiger partial charge in [-0.3, -0.25) is 9.78 Å². The van der Waals surface area contributed by atoms with Gasteiger partial charge >= 0.3 is 5.97 Å². The van der Waals surface area contributed by atoms with Gasteiger partial charge in [0.1, 0.15) is 12.2 Å². The fourth-order valence-corrected chi connectivity index (χ4v) is 3.47. The van der Waals surface area contributed by atoms with Gasteiger partial charge in [-0.25, -0.2) is 0 Å². The standard InChI is InChI=1S/C23H35N3O4/c1-16(9-7-11-23(27)29-6)22(28-5)14-24-30-18(3)15-26-12-8-10-20-21(26)13-17(2)19(4)25-20/h7,9,13-14,16,18,22H,8,10-12,15H2,1-6H3/b9-7+,24-14+/t16-,18-,22-/m1/s1. The molecule has 166 valence electrons. The number of aryl methyl sites for hydroxylation is 3. The summed E-state index contributed by atoms with van der Waals surface area (Å²) >= 11 is 0. The molecule has 0 aromatic carbocycles. The number of carbonyl (C=O) groups is 1. The van der Waals surface area contributed by atoms with Crippen molar-refractivity contribution in [3.8, 4) is 0 Å². The zero-order valence-electron chi connectivity index (χ0n) is 19.1. The molecule has 0 fully saturated rings. The number of fused-ring (bicyclic) bond motifs is 1. The molecule has 0 spiro atoms. The number of hydrogen-bond acceptors (Lipinski definition) is 7. The van der Waals surface area contributed by atoms with Crippen LogP contribution in [0.5, 0.6) is 0 Å². The molecule has 2 heterocycles. The number of carbonyl (C=O) groups excluding carboxylic acids is 1. The van der Waals surface area contributed by atoms with Crippen LogP contribution in [-0.4, -0.2) is 56.7 Å². The molecule has 2 rings (SSSR count). The Morgan fingerprint density at radius 2 is 2.10 bits per heavy atom. The van der Waals surface area contributed by atoms with E-state index >= 15 is 0 Å². The Balaban J connectivity index is 1.89. The number of methoxy groups -OCH3 is 2. The molecule has 3 atom stereocenters. The lowest BCUT2D eigenvalue weighted by molar-refractivity contribution is -0.139. The van der Waals surface area contributed by atoms with Gasteiger partial charge in [0.15, 0.2) is 0 Å². The minimum Gasteiger partial charge on any atom is -0.469 e. The minimum absolute atomic E-state index is 0.0496. The first-order chi connectivity index (χ1) is 14.3. The third-order valence-electron chi connectivity index (χ3n) is 5.37. The van der Waals surface area contributed by atoms with Crippen molar-refractivity contribution >= 4 is 17.9 Å². The molecule has 7 nitrogen and oxygen atoms in total. The van der Waals surface area contributed by atoms with Crippen LogP contribution >= 0.6 is 0 Å². The highest BCUT2D eigenvalue weighted by molar-refractivity contribution is 5.71. The summed E-state index contributed by atoms with van der Waals surface area (Å²) < 4.78 is 10.1. The van der Waals surface area contributed by atoms with Crippen LogP contribution in [0.1, 0.15) is 43.6 Å². The molecule has 1 aromatic heterocycles. The first kappa shape index (κ1) is 23.9. The van der Waals surface area contributed by atoms with Gasteiger partial charge in [0.2, 0.25) is 0 Å². The molecule has 1 aliphatic rings. The molecule has 0 N–H and O–H groups in total. The normalized spacial score (nSPS) is 17.1. The number of nitrogens with zero attached hydrogens (tertiary/aromatic N) is 3. The summed E-state index contributed by atoms with van der Waals surface area (Å²) in [6.45, 7) is 9.93. The van der Waals surface area contributed by atoms with Crippen molar-refractivity contribution in [2.24, 2.45) is 11.1 Å². The van der Waals surface area contributed by atoms with E-state index in [1.54, 1.807) is 19.4 Å². The Morgan fingerprint density at radius 3 is 2.80 bits per heavy atom. The number of anilines is 1. The lowest BCUT2D eigenvalue weighted by Gasteiger charge is -2.32. The highest BCUT2D eigenvalue weighted by atomic mass is 16.6. The number of esters is 1. The fourth-order valence-electron chi connectivity index (χ4n) is 3.47. The van der Waals surface area contributed by atoms with Gasteiger partial charge in [0.25, 0.3) is 0 Å². The van der Waals surface area contributed by atoms with E-state index in [1.807, 2.05) is 19.9 Å². The number of pyridine rings is 1. The van der Waals surface area contributed by atoms with E-state index < -0.39 is 0 Å². The van der Waals surface area contributed by atoms with Gasteiger partial charge < -0.3 is 19.2 Å². The molecule has 0 saturated heterocycles. The fraction of sp³-hybridized carbons (Fsp3) is 0.609. The van der Waals surface area contributed by atoms with Crippen molar-refractivity contribution in [3.05, 3.63) is 35.2 Å². The summed E-state index contributed by atoms with van der Waals surface area (Å²) in [6, 6.07) is 2.23. The van der Waals surface area contributed by atoms with Crippen molar-refractivity contribution in [2.75, 3.05) is 32.2 Å². The van der Waals surface area contributed by atoms with Gasteiger partial charge in [0, 0.05) is 25.3 Å². The molecular weight excluding hydrogens is 382 g/mol. The highest BCUT2D eigenvalue weighted by Gasteiger charge is 2.21. The highest BCUT2D eigenvalue weighted by Crippen LogP contribution is 2.28. The van der Waals surface area contributed by atoms with Crippen molar-refractivity contribution in [1.82, 2.24) is 4.98 Å². The minimum atomic E-state index is -0.266. The monoisotopic (exact) mass is 417 g/mol. The van der Waals surface area contributed by atoms with E-state index in [9.17, 15) is 4.79 Å². The van der Waals surface area contributed by atoms with Crippen molar-refractivity contribution < 1.29 is 19.1 Å². The van der Waals surface area contributed by atoms with Crippen LogP contribution in [0.15, 0.2) is 23.4 Å². The number of aromatic nitrogens is 1. The van der Waals surface area contributed by atoms with Crippen LogP contribution in [0, 0.1) is 19.8 Å². The number of hydrogen-bond donors (Lipinski definition) is 0. The van der Waals surface area contributed by atoms with Crippen LogP contribution < -0.4 is 4.90 Å². The van der Waals surface area contributed by atoms with Crippen molar-refractivity contribution in [2.45, 2.75) is 59.2 Å². The lowest BCUT2D eigenvalue weighted by atomic mass is 10.0. The van der Waals surface area contributed by atoms with E-state index in [2.05, 4.69) is 34.7 Å². The second-order valence-corrected chi connectivity index (χ2v) is 7.84. The quantitative estimate of drug-likeness (QED) is 0.251. The molecule has 0 unspecified atom stereocenters. The molecule has 0 radical (unpaired) electrons. The third kappa shape index (κ3) is 6.83. The summed E-state index contributed by atoms with van der Waals surface area (Å²) in [5, 5.41) is 4.16. The number of ether oxygens (including phenoxy) is 2. The zero-order chi connectivity index (χ0) is 22.1. The third-order valence-corrected chi connectivity index (χ3v) is 5.37. The van der Waals surface area contributed by atoms with Gasteiger partial charge in [-0.2, -0.15) is 0 Å². The molecule has 0 saturated carbocycles. The zero-order valence-corrected chi connectivity index (χ0v) is 19.1. The smallest absolute Gasteiger partial charge is 0.309 e. The first-order valence-electron chi connectivity index (χ1n) is 10.5. The van der Waals surface area contributed by atoms with E-state index in [1.165, 1.54) is 24.1 Å². The summed E-state index contributed by atoms with van der Waals surface area (Å²) in [5.74, 6) is -0.216. The Labute approximate surface area is 180 Å². The van der Waals surface area contributed by atoms with Crippen LogP contribution in [0.4, 0.5) is 5.69 Å². The molecule has 1 aliphatic heterocycles. The van der Waals surface area contributed by atoms with E-state index in [0.29, 0.717) is 0 Å². The predicted molar refractivity (Wildman–Crippen MR) is 119 cm³/mol. The molecule has 0 amide bonds. The largest absolute Gasteiger partial charge is 0.469 e. The van der Waals surface area contributed by atoms with Gasteiger partial charge in [-0.1, -0.05) is 24.2 Å². The van der Waals surface area contributed by atoms with Gasteiger partial charge in [-0.05, 0) is 45.2 Å². The molecule has 0 aliphatic carbocycles. The Bertz CT molecular complexity index is 763. The van der Waals surface area contributed by atoms with E-state index in [4.69, 9.17) is 14.6 Å². The molecular formula is C23H35N3O4. The van der Waals surface area contributed by atoms with Crippen molar-refractivity contribution in [3.63, 3.8) is 0 Å². The second-order valence-electron chi connectivity index (χ2n) is 7.84. The Hall–Kier alpha value is -2.41. The first-order valence-corrected chi connectivity index (χ1v) is 10.5. The van der Waals surface area contributed by atoms with Crippen LogP contribution in [0.2, 0.25) is 0 Å². The maximum Gasteiger partial charge on any atom is 0.309 e. The van der Waals surface area contributed by atoms with Crippen LogP contribution in [0.25, 0.3) is 0 Å². The summed E-state index contributed by atoms with van der Waals surface area (Å²) in [6.07, 6.45) is 7.42. The Kier molecular flexibility index (Phi) is 9.30. The van der Waals surface area contributed by atoms with Gasteiger partial charge in [-0.15, -0.1) is 0 Å². The van der Waals surface area contributed by atoms with Crippen LogP contribution in [0.3, 0.4) is 0 Å². The summed E-state index contributed by atoms with van der Waals surface area (Å²) in [5.41, 5.74) is 4.70. The molecule has 7 heteroatoms. The van der Waals surface area contributed by atoms with Gasteiger partial charge in [0.05, 0.1) is 37.7 Å². The Morgan fingerprint density at radius 1 is 1.33 bits per heavy atom. The topological polar surface area (TPSA) is 73.3 Å². The average Bonchev–Trinajstić information content (AvgIpc) is 2.72. The lowest BCUT2D eigenvalue weighted by Crippen LogP contribution is -2.36. The molecule has 1 aromatic rings. The summed E-state index contributed by atoms with van der Waals surface area (Å²) in [7, 11) is 3.01. The summed E-state index contributed by atoms with van der Waals surface area (Å²) in [4.78, 5) is 24.0. The number of rotatable bonds is 10. The average molecular weight is 418 g/mol. The predicted octanol–water partition coefficient (Wildman–Crippen LogP) is 3.61. The van der Waals surface area contributed by atoms with Crippen molar-refractivity contribution in [1.29, 1.82) is 0 Å². The second kappa shape index (κ2) is 11.7. The number of oxime groups is 1. The molecule has 30 heavy (non-hydrogen) atoms. The SMILES string of the molecule is COC(=O)C/C=C/[C@@H](C)[C@@H](/C=N/O[C@H](C)CN1CCCc2nc(C)c(C)cc21)OC. The maximum absolute atomic E-state index is 11.2. The van der Waals surface area contributed by atoms with Crippen LogP contribution in [-0.2, 0) is 25.5 Å². The molecule has 0 bridgehead atoms. The van der Waals surface area contributed by atoms with E-state index in [0.717, 1.165) is 31.6 Å². The maximum atomic E-state index is 11.2. The van der Waals surface area contributed by atoms with E-state index in [-0.39, 0.29) is 30.5 Å².